The predicted octanol–water partition coefficient (Wildman–Crippen LogP) is -0.0997. The Labute approximate surface area is 124 Å². The molecule has 2 fully saturated rings. The molecule has 0 aromatic carbocycles. The molecule has 2 aliphatic rings. The monoisotopic (exact) mass is 310 g/mol. The summed E-state index contributed by atoms with van der Waals surface area (Å²) in [4.78, 5) is 20.8. The third-order valence-electron chi connectivity index (χ3n) is 3.68. The van der Waals surface area contributed by atoms with Crippen LogP contribution in [0.5, 0.6) is 0 Å². The van der Waals surface area contributed by atoms with E-state index in [4.69, 9.17) is 30.6 Å². The fraction of sp³-hybridized carbons (Fsp3) is 0.833. The van der Waals surface area contributed by atoms with Gasteiger partial charge >= 0.3 is 11.9 Å². The van der Waals surface area contributed by atoms with E-state index in [2.05, 4.69) is 4.90 Å². The Morgan fingerprint density at radius 1 is 1.10 bits per heavy atom. The van der Waals surface area contributed by atoms with Gasteiger partial charge in [0, 0.05) is 31.3 Å². The van der Waals surface area contributed by atoms with E-state index in [1.165, 1.54) is 25.7 Å². The summed E-state index contributed by atoms with van der Waals surface area (Å²) in [6.07, 6.45) is 5.90. The number of carbonyl (C=O) groups is 2. The zero-order valence-corrected chi connectivity index (χ0v) is 12.1. The lowest BCUT2D eigenvalue weighted by molar-refractivity contribution is -0.159. The Balaban J connectivity index is 0.000000448. The topological polar surface area (TPSA) is 124 Å². The molecular formula is C12H23ClN2O5. The van der Waals surface area contributed by atoms with Crippen molar-refractivity contribution in [3.8, 4) is 0 Å². The molecule has 8 heteroatoms. The number of hydrogen-bond acceptors (Lipinski definition) is 5. The van der Waals surface area contributed by atoms with Crippen LogP contribution in [0, 0.1) is 0 Å². The number of piperidine rings is 1. The molecule has 0 spiro atoms. The number of carboxylic acids is 2. The van der Waals surface area contributed by atoms with Gasteiger partial charge in [-0.2, -0.15) is 0 Å². The first kappa shape index (κ1) is 19.1. The van der Waals surface area contributed by atoms with E-state index < -0.39 is 11.9 Å². The van der Waals surface area contributed by atoms with E-state index >= 15 is 0 Å². The van der Waals surface area contributed by atoms with Crippen molar-refractivity contribution in [1.29, 1.82) is 0 Å². The summed E-state index contributed by atoms with van der Waals surface area (Å²) in [5, 5.41) is 23.6. The van der Waals surface area contributed by atoms with Crippen LogP contribution < -0.4 is 5.73 Å². The van der Waals surface area contributed by atoms with Crippen LogP contribution in [0.1, 0.15) is 32.1 Å². The molecule has 2 heterocycles. The number of aliphatic hydroxyl groups is 1. The average molecular weight is 311 g/mol. The lowest BCUT2D eigenvalue weighted by Gasteiger charge is -2.37. The third-order valence-corrected chi connectivity index (χ3v) is 3.68. The highest BCUT2D eigenvalue weighted by atomic mass is 35.5. The SMILES string of the molecule is Cl.N[C@H]1C[C@H]2CC[C@@H](C1)N2CCCO.O=C(O)C(=O)O. The lowest BCUT2D eigenvalue weighted by atomic mass is 9.98. The number of aliphatic carboxylic acids is 2. The summed E-state index contributed by atoms with van der Waals surface area (Å²) in [6.45, 7) is 1.39. The first-order valence-corrected chi connectivity index (χ1v) is 6.54. The van der Waals surface area contributed by atoms with Crippen LogP contribution in [0.3, 0.4) is 0 Å². The summed E-state index contributed by atoms with van der Waals surface area (Å²) >= 11 is 0. The van der Waals surface area contributed by atoms with Gasteiger partial charge in [0.25, 0.3) is 0 Å². The van der Waals surface area contributed by atoms with E-state index in [-0.39, 0.29) is 12.4 Å². The second-order valence-electron chi connectivity index (χ2n) is 5.04. The van der Waals surface area contributed by atoms with E-state index in [0.717, 1.165) is 25.0 Å². The zero-order valence-electron chi connectivity index (χ0n) is 11.3. The van der Waals surface area contributed by atoms with Crippen LogP contribution in [0.15, 0.2) is 0 Å². The lowest BCUT2D eigenvalue weighted by Crippen LogP contribution is -2.47. The Morgan fingerprint density at radius 2 is 1.55 bits per heavy atom. The van der Waals surface area contributed by atoms with Gasteiger partial charge in [0.15, 0.2) is 0 Å². The molecule has 0 saturated carbocycles. The van der Waals surface area contributed by atoms with Crippen LogP contribution in [0.2, 0.25) is 0 Å². The van der Waals surface area contributed by atoms with Gasteiger partial charge in [-0.15, -0.1) is 12.4 Å². The van der Waals surface area contributed by atoms with Crippen molar-refractivity contribution in [2.75, 3.05) is 13.2 Å². The Bertz CT molecular complexity index is 303. The molecule has 2 aliphatic heterocycles. The Hall–Kier alpha value is -0.890. The molecule has 0 amide bonds. The maximum absolute atomic E-state index is 9.10. The van der Waals surface area contributed by atoms with Gasteiger partial charge in [-0.05, 0) is 32.1 Å². The summed E-state index contributed by atoms with van der Waals surface area (Å²) in [7, 11) is 0. The fourth-order valence-corrected chi connectivity index (χ4v) is 2.93. The van der Waals surface area contributed by atoms with Crippen LogP contribution in [0.25, 0.3) is 0 Å². The van der Waals surface area contributed by atoms with E-state index in [9.17, 15) is 0 Å². The molecule has 0 radical (unpaired) electrons. The van der Waals surface area contributed by atoms with Gasteiger partial charge in [0.1, 0.15) is 0 Å². The fourth-order valence-electron chi connectivity index (χ4n) is 2.93. The largest absolute Gasteiger partial charge is 0.473 e. The molecule has 0 aliphatic carbocycles. The molecule has 2 saturated heterocycles. The van der Waals surface area contributed by atoms with Crippen molar-refractivity contribution >= 4 is 24.3 Å². The molecular weight excluding hydrogens is 288 g/mol. The van der Waals surface area contributed by atoms with Crippen molar-refractivity contribution in [2.24, 2.45) is 5.73 Å². The average Bonchev–Trinajstić information content (AvgIpc) is 2.57. The summed E-state index contributed by atoms with van der Waals surface area (Å²) < 4.78 is 0. The first-order chi connectivity index (χ1) is 8.95. The number of halogens is 1. The first-order valence-electron chi connectivity index (χ1n) is 6.54. The maximum Gasteiger partial charge on any atom is 0.414 e. The highest BCUT2D eigenvalue weighted by Gasteiger charge is 2.38. The number of rotatable bonds is 3. The third kappa shape index (κ3) is 5.62. The van der Waals surface area contributed by atoms with Gasteiger partial charge in [-0.1, -0.05) is 0 Å². The van der Waals surface area contributed by atoms with E-state index in [1.807, 2.05) is 0 Å². The Kier molecular flexibility index (Phi) is 8.71. The van der Waals surface area contributed by atoms with Crippen LogP contribution in [-0.4, -0.2) is 63.4 Å². The summed E-state index contributed by atoms with van der Waals surface area (Å²) in [5.41, 5.74) is 5.97. The molecule has 0 aromatic rings. The smallest absolute Gasteiger partial charge is 0.414 e. The number of carboxylic acid groups (broad SMARTS) is 2. The zero-order chi connectivity index (χ0) is 14.4. The molecule has 5 N–H and O–H groups in total. The van der Waals surface area contributed by atoms with Gasteiger partial charge in [-0.3, -0.25) is 4.90 Å². The van der Waals surface area contributed by atoms with E-state index in [0.29, 0.717) is 12.6 Å². The van der Waals surface area contributed by atoms with E-state index in [1.54, 1.807) is 0 Å². The quantitative estimate of drug-likeness (QED) is 0.536. The molecule has 0 aromatic heterocycles. The summed E-state index contributed by atoms with van der Waals surface area (Å²) in [5.74, 6) is -3.65. The van der Waals surface area contributed by atoms with Crippen molar-refractivity contribution in [3.63, 3.8) is 0 Å². The van der Waals surface area contributed by atoms with Crippen LogP contribution in [-0.2, 0) is 9.59 Å². The minimum Gasteiger partial charge on any atom is -0.473 e. The minimum absolute atomic E-state index is 0. The van der Waals surface area contributed by atoms with Gasteiger partial charge in [0.05, 0.1) is 0 Å². The highest BCUT2D eigenvalue weighted by Crippen LogP contribution is 2.34. The number of aliphatic hydroxyl groups excluding tert-OH is 1. The Morgan fingerprint density at radius 3 is 1.90 bits per heavy atom. The van der Waals surface area contributed by atoms with Gasteiger partial charge in [0.2, 0.25) is 0 Å². The van der Waals surface area contributed by atoms with Crippen molar-refractivity contribution in [3.05, 3.63) is 0 Å². The predicted molar refractivity (Wildman–Crippen MR) is 74.9 cm³/mol. The molecule has 2 rings (SSSR count). The standard InChI is InChI=1S/C10H20N2O.C2H2O4.ClH/c11-8-6-9-2-3-10(7-8)12(9)4-1-5-13;3-1(4)2(5)6;/h8-10,13H,1-7,11H2;(H,3,4)(H,5,6);1H/t8-,9+,10-;;. The molecule has 20 heavy (non-hydrogen) atoms. The van der Waals surface area contributed by atoms with Crippen LogP contribution in [0.4, 0.5) is 0 Å². The maximum atomic E-state index is 9.10. The minimum atomic E-state index is -1.82. The van der Waals surface area contributed by atoms with Crippen molar-refractivity contribution in [2.45, 2.75) is 50.2 Å². The number of nitrogens with two attached hydrogens (primary N) is 1. The number of hydrogen-bond donors (Lipinski definition) is 4. The number of nitrogens with zero attached hydrogens (tertiary/aromatic N) is 1. The second-order valence-corrected chi connectivity index (χ2v) is 5.04. The molecule has 0 unspecified atom stereocenters. The van der Waals surface area contributed by atoms with Crippen molar-refractivity contribution < 1.29 is 24.9 Å². The molecule has 7 nitrogen and oxygen atoms in total. The van der Waals surface area contributed by atoms with Crippen LogP contribution >= 0.6 is 12.4 Å². The highest BCUT2D eigenvalue weighted by molar-refractivity contribution is 6.27. The molecule has 3 atom stereocenters. The normalized spacial score (nSPS) is 28.0. The number of fused-ring (bicyclic) bond motifs is 2. The van der Waals surface area contributed by atoms with Gasteiger partial charge < -0.3 is 21.1 Å². The van der Waals surface area contributed by atoms with Crippen molar-refractivity contribution in [1.82, 2.24) is 4.90 Å². The molecule has 118 valence electrons. The van der Waals surface area contributed by atoms with Gasteiger partial charge in [-0.25, -0.2) is 9.59 Å². The second kappa shape index (κ2) is 9.12. The summed E-state index contributed by atoms with van der Waals surface area (Å²) in [6, 6.07) is 1.88. The molecule has 2 bridgehead atoms.